The lowest BCUT2D eigenvalue weighted by Crippen LogP contribution is -2.39. The first-order valence-electron chi connectivity index (χ1n) is 9.03. The molecule has 7 nitrogen and oxygen atoms in total. The van der Waals surface area contributed by atoms with E-state index in [1.165, 1.54) is 0 Å². The van der Waals surface area contributed by atoms with Crippen LogP contribution in [0, 0.1) is 5.92 Å². The molecule has 0 atom stereocenters. The maximum absolute atomic E-state index is 11.8. The minimum absolute atomic E-state index is 0.142. The van der Waals surface area contributed by atoms with Crippen LogP contribution in [-0.4, -0.2) is 30.1 Å². The smallest absolute Gasteiger partial charge is 0.408 e. The highest BCUT2D eigenvalue weighted by Crippen LogP contribution is 2.29. The molecule has 1 aliphatic rings. The van der Waals surface area contributed by atoms with E-state index in [4.69, 9.17) is 4.74 Å². The van der Waals surface area contributed by atoms with Gasteiger partial charge in [0.15, 0.2) is 0 Å². The summed E-state index contributed by atoms with van der Waals surface area (Å²) in [6.45, 7) is 5.42. The molecule has 2 rings (SSSR count). The molecule has 0 bridgehead atoms. The monoisotopic (exact) mass is 373 g/mol. The Hall–Kier alpha value is -2.83. The van der Waals surface area contributed by atoms with Crippen molar-refractivity contribution in [3.63, 3.8) is 0 Å². The number of amides is 3. The van der Waals surface area contributed by atoms with Crippen LogP contribution >= 0.6 is 0 Å². The lowest BCUT2D eigenvalue weighted by Gasteiger charge is -2.19. The van der Waals surface area contributed by atoms with Gasteiger partial charge in [0.05, 0.1) is 0 Å². The largest absolute Gasteiger partial charge is 0.444 e. The highest BCUT2D eigenvalue weighted by atomic mass is 16.6. The van der Waals surface area contributed by atoms with Gasteiger partial charge in [-0.05, 0) is 63.3 Å². The van der Waals surface area contributed by atoms with Gasteiger partial charge in [0.25, 0.3) is 0 Å². The fourth-order valence-electron chi connectivity index (χ4n) is 2.13. The molecule has 1 aromatic carbocycles. The molecule has 1 aliphatic carbocycles. The number of ether oxygens (including phenoxy) is 1. The molecule has 0 unspecified atom stereocenters. The van der Waals surface area contributed by atoms with Crippen LogP contribution in [0.3, 0.4) is 0 Å². The van der Waals surface area contributed by atoms with E-state index < -0.39 is 11.7 Å². The van der Waals surface area contributed by atoms with Crippen molar-refractivity contribution in [2.45, 2.75) is 45.8 Å². The van der Waals surface area contributed by atoms with Crippen LogP contribution in [0.2, 0.25) is 0 Å². The summed E-state index contributed by atoms with van der Waals surface area (Å²) in [6, 6.07) is 7.20. The highest BCUT2D eigenvalue weighted by molar-refractivity contribution is 5.99. The minimum Gasteiger partial charge on any atom is -0.444 e. The Morgan fingerprint density at radius 3 is 2.37 bits per heavy atom. The van der Waals surface area contributed by atoms with Crippen molar-refractivity contribution in [1.29, 1.82) is 0 Å². The van der Waals surface area contributed by atoms with Gasteiger partial charge in [-0.3, -0.25) is 9.59 Å². The number of allylic oxidation sites excluding steroid dienone is 1. The molecule has 3 N–H and O–H groups in total. The summed E-state index contributed by atoms with van der Waals surface area (Å²) in [5.41, 5.74) is 0.972. The Balaban J connectivity index is 1.68. The minimum atomic E-state index is -0.631. The maximum Gasteiger partial charge on any atom is 0.408 e. The zero-order valence-electron chi connectivity index (χ0n) is 16.0. The molecule has 0 aromatic heterocycles. The van der Waals surface area contributed by atoms with Crippen molar-refractivity contribution in [3.05, 3.63) is 42.0 Å². The molecule has 7 heteroatoms. The first-order chi connectivity index (χ1) is 12.7. The number of carbonyl (C=O) groups excluding carboxylic acids is 3. The number of hydrogen-bond donors (Lipinski definition) is 3. The molecule has 0 heterocycles. The van der Waals surface area contributed by atoms with Gasteiger partial charge >= 0.3 is 6.09 Å². The molecule has 27 heavy (non-hydrogen) atoms. The third-order valence-electron chi connectivity index (χ3n) is 3.65. The molecule has 0 aliphatic heterocycles. The molecule has 1 fully saturated rings. The Morgan fingerprint density at radius 1 is 1.11 bits per heavy atom. The molecule has 0 radical (unpaired) electrons. The Labute approximate surface area is 159 Å². The fraction of sp³-hybridized carbons (Fsp3) is 0.450. The van der Waals surface area contributed by atoms with Gasteiger partial charge in [0.2, 0.25) is 11.8 Å². The van der Waals surface area contributed by atoms with E-state index >= 15 is 0 Å². The van der Waals surface area contributed by atoms with Gasteiger partial charge in [-0.15, -0.1) is 0 Å². The summed E-state index contributed by atoms with van der Waals surface area (Å²) < 4.78 is 5.06. The van der Waals surface area contributed by atoms with E-state index in [2.05, 4.69) is 16.0 Å². The number of benzene rings is 1. The average Bonchev–Trinajstić information content (AvgIpc) is 3.40. The standard InChI is InChI=1S/C20H27N3O4/c1-20(2,3)27-19(26)22-13-18(25)21-12-15-6-9-16(10-7-15)23-17(24)11-8-14-4-5-14/h6-11,14H,4-5,12-13H2,1-3H3,(H,21,25)(H,22,26)(H,23,24)/b11-8+. The van der Waals surface area contributed by atoms with Gasteiger partial charge in [0, 0.05) is 12.2 Å². The predicted octanol–water partition coefficient (Wildman–Crippen LogP) is 2.73. The molecule has 0 saturated heterocycles. The quantitative estimate of drug-likeness (QED) is 0.640. The van der Waals surface area contributed by atoms with Crippen LogP contribution in [0.25, 0.3) is 0 Å². The second-order valence-corrected chi connectivity index (χ2v) is 7.51. The Morgan fingerprint density at radius 2 is 1.78 bits per heavy atom. The molecule has 146 valence electrons. The van der Waals surface area contributed by atoms with E-state index in [1.807, 2.05) is 18.2 Å². The summed E-state index contributed by atoms with van der Waals surface area (Å²) in [5.74, 6) is 0.103. The summed E-state index contributed by atoms with van der Waals surface area (Å²) in [5, 5.41) is 7.91. The molecule has 0 spiro atoms. The number of hydrogen-bond acceptors (Lipinski definition) is 4. The maximum atomic E-state index is 11.8. The van der Waals surface area contributed by atoms with E-state index in [1.54, 1.807) is 39.0 Å². The number of nitrogens with one attached hydrogen (secondary N) is 3. The van der Waals surface area contributed by atoms with Crippen molar-refractivity contribution in [2.75, 3.05) is 11.9 Å². The van der Waals surface area contributed by atoms with E-state index in [9.17, 15) is 14.4 Å². The number of alkyl carbamates (subject to hydrolysis) is 1. The molecule has 3 amide bonds. The number of anilines is 1. The van der Waals surface area contributed by atoms with Gasteiger partial charge in [0.1, 0.15) is 12.1 Å². The van der Waals surface area contributed by atoms with Gasteiger partial charge in [-0.25, -0.2) is 4.79 Å². The van der Waals surface area contributed by atoms with Crippen molar-refractivity contribution >= 4 is 23.6 Å². The van der Waals surface area contributed by atoms with Gasteiger partial charge < -0.3 is 20.7 Å². The van der Waals surface area contributed by atoms with Gasteiger partial charge in [-0.2, -0.15) is 0 Å². The topological polar surface area (TPSA) is 96.5 Å². The number of rotatable bonds is 7. The van der Waals surface area contributed by atoms with Gasteiger partial charge in [-0.1, -0.05) is 18.2 Å². The Kier molecular flexibility index (Phi) is 6.98. The lowest BCUT2D eigenvalue weighted by molar-refractivity contribution is -0.120. The molecule has 1 saturated carbocycles. The summed E-state index contributed by atoms with van der Waals surface area (Å²) in [6.07, 6.45) is 5.21. The van der Waals surface area contributed by atoms with Crippen LogP contribution in [0.4, 0.5) is 10.5 Å². The second kappa shape index (κ2) is 9.21. The Bertz CT molecular complexity index is 701. The molecular formula is C20H27N3O4. The first-order valence-corrected chi connectivity index (χ1v) is 9.03. The highest BCUT2D eigenvalue weighted by Gasteiger charge is 2.18. The summed E-state index contributed by atoms with van der Waals surface area (Å²) >= 11 is 0. The zero-order chi connectivity index (χ0) is 19.9. The molecule has 1 aromatic rings. The van der Waals surface area contributed by atoms with Crippen LogP contribution < -0.4 is 16.0 Å². The lowest BCUT2D eigenvalue weighted by atomic mass is 10.2. The van der Waals surface area contributed by atoms with E-state index in [0.29, 0.717) is 18.2 Å². The summed E-state index contributed by atoms with van der Waals surface area (Å²) in [4.78, 5) is 35.0. The van der Waals surface area contributed by atoms with Crippen LogP contribution in [0.1, 0.15) is 39.2 Å². The van der Waals surface area contributed by atoms with Crippen molar-refractivity contribution in [2.24, 2.45) is 5.92 Å². The summed E-state index contributed by atoms with van der Waals surface area (Å²) in [7, 11) is 0. The van der Waals surface area contributed by atoms with Crippen LogP contribution in [0.5, 0.6) is 0 Å². The average molecular weight is 373 g/mol. The van der Waals surface area contributed by atoms with Crippen LogP contribution in [0.15, 0.2) is 36.4 Å². The van der Waals surface area contributed by atoms with E-state index in [0.717, 1.165) is 18.4 Å². The van der Waals surface area contributed by atoms with Crippen molar-refractivity contribution in [1.82, 2.24) is 10.6 Å². The third-order valence-corrected chi connectivity index (χ3v) is 3.65. The van der Waals surface area contributed by atoms with Crippen LogP contribution in [-0.2, 0) is 20.9 Å². The fourth-order valence-corrected chi connectivity index (χ4v) is 2.13. The zero-order valence-corrected chi connectivity index (χ0v) is 16.0. The second-order valence-electron chi connectivity index (χ2n) is 7.51. The molecular weight excluding hydrogens is 346 g/mol. The predicted molar refractivity (Wildman–Crippen MR) is 103 cm³/mol. The van der Waals surface area contributed by atoms with E-state index in [-0.39, 0.29) is 18.4 Å². The number of carbonyl (C=O) groups is 3. The third kappa shape index (κ3) is 8.89. The SMILES string of the molecule is CC(C)(C)OC(=O)NCC(=O)NCc1ccc(NC(=O)/C=C/C2CC2)cc1. The van der Waals surface area contributed by atoms with Crippen molar-refractivity contribution < 1.29 is 19.1 Å². The normalized spacial score (nSPS) is 13.9. The first kappa shape index (κ1) is 20.5. The van der Waals surface area contributed by atoms with Crippen molar-refractivity contribution in [3.8, 4) is 0 Å².